The Kier molecular flexibility index (Phi) is 1.89. The molecule has 0 radical (unpaired) electrons. The second-order valence-electron chi connectivity index (χ2n) is 3.21. The molecular formula is C8H14O. The van der Waals surface area contributed by atoms with E-state index in [0.29, 0.717) is 11.8 Å². The first-order valence-corrected chi connectivity index (χ1v) is 3.71. The van der Waals surface area contributed by atoms with Crippen LogP contribution < -0.4 is 0 Å². The van der Waals surface area contributed by atoms with Crippen LogP contribution in [0.15, 0.2) is 0 Å². The van der Waals surface area contributed by atoms with E-state index in [1.165, 1.54) is 12.8 Å². The highest BCUT2D eigenvalue weighted by molar-refractivity contribution is 5.53. The predicted molar refractivity (Wildman–Crippen MR) is 37.1 cm³/mol. The van der Waals surface area contributed by atoms with Crippen molar-refractivity contribution in [3.05, 3.63) is 0 Å². The summed E-state index contributed by atoms with van der Waals surface area (Å²) in [5.74, 6) is 1.79. The Morgan fingerprint density at radius 3 is 2.33 bits per heavy atom. The van der Waals surface area contributed by atoms with E-state index in [-0.39, 0.29) is 0 Å². The molecule has 0 saturated heterocycles. The van der Waals surface area contributed by atoms with Crippen molar-refractivity contribution in [3.63, 3.8) is 0 Å². The molecule has 3 atom stereocenters. The van der Waals surface area contributed by atoms with Crippen LogP contribution in [0.25, 0.3) is 0 Å². The van der Waals surface area contributed by atoms with Gasteiger partial charge in [-0.05, 0) is 18.3 Å². The highest BCUT2D eigenvalue weighted by Gasteiger charge is 2.30. The molecule has 0 aromatic rings. The first-order valence-electron chi connectivity index (χ1n) is 3.71. The quantitative estimate of drug-likeness (QED) is 0.516. The number of carbonyl (C=O) groups is 1. The van der Waals surface area contributed by atoms with Gasteiger partial charge in [-0.2, -0.15) is 0 Å². The van der Waals surface area contributed by atoms with Crippen LogP contribution >= 0.6 is 0 Å². The summed E-state index contributed by atoms with van der Waals surface area (Å²) in [4.78, 5) is 10.3. The van der Waals surface area contributed by atoms with Gasteiger partial charge in [-0.25, -0.2) is 0 Å². The summed E-state index contributed by atoms with van der Waals surface area (Å²) >= 11 is 0. The van der Waals surface area contributed by atoms with Crippen molar-refractivity contribution in [1.29, 1.82) is 0 Å². The van der Waals surface area contributed by atoms with E-state index in [4.69, 9.17) is 0 Å². The standard InChI is InChI=1S/C8H14O/c1-6-3-4-8(6)7(2)5-9/h5-8H,3-4H2,1-2H3. The largest absolute Gasteiger partial charge is 0.303 e. The molecule has 1 fully saturated rings. The molecule has 0 bridgehead atoms. The molecule has 1 aliphatic rings. The van der Waals surface area contributed by atoms with Gasteiger partial charge in [0.05, 0.1) is 0 Å². The summed E-state index contributed by atoms with van der Waals surface area (Å²) in [6, 6.07) is 0. The lowest BCUT2D eigenvalue weighted by atomic mass is 9.69. The van der Waals surface area contributed by atoms with Crippen LogP contribution in [0.3, 0.4) is 0 Å². The van der Waals surface area contributed by atoms with Crippen molar-refractivity contribution in [2.75, 3.05) is 0 Å². The number of aldehydes is 1. The summed E-state index contributed by atoms with van der Waals surface area (Å²) in [7, 11) is 0. The number of hydrogen-bond acceptors (Lipinski definition) is 1. The molecule has 1 saturated carbocycles. The van der Waals surface area contributed by atoms with E-state index in [9.17, 15) is 4.79 Å². The Hall–Kier alpha value is -0.330. The van der Waals surface area contributed by atoms with Crippen molar-refractivity contribution in [3.8, 4) is 0 Å². The number of rotatable bonds is 2. The Morgan fingerprint density at radius 1 is 1.56 bits per heavy atom. The van der Waals surface area contributed by atoms with Crippen molar-refractivity contribution < 1.29 is 4.79 Å². The van der Waals surface area contributed by atoms with Gasteiger partial charge in [0.25, 0.3) is 0 Å². The maximum Gasteiger partial charge on any atom is 0.123 e. The molecule has 0 spiro atoms. The first kappa shape index (κ1) is 6.79. The molecular weight excluding hydrogens is 112 g/mol. The summed E-state index contributed by atoms with van der Waals surface area (Å²) in [6.07, 6.45) is 3.67. The van der Waals surface area contributed by atoms with Crippen molar-refractivity contribution >= 4 is 6.29 Å². The fraction of sp³-hybridized carbons (Fsp3) is 0.875. The van der Waals surface area contributed by atoms with Crippen LogP contribution in [-0.2, 0) is 4.79 Å². The molecule has 0 N–H and O–H groups in total. The van der Waals surface area contributed by atoms with Crippen molar-refractivity contribution in [2.45, 2.75) is 26.7 Å². The molecule has 1 aliphatic carbocycles. The topological polar surface area (TPSA) is 17.1 Å². The predicted octanol–water partition coefficient (Wildman–Crippen LogP) is 1.87. The molecule has 0 aliphatic heterocycles. The fourth-order valence-electron chi connectivity index (χ4n) is 1.57. The van der Waals surface area contributed by atoms with Gasteiger partial charge in [0.2, 0.25) is 0 Å². The minimum atomic E-state index is 0.300. The third-order valence-electron chi connectivity index (χ3n) is 2.58. The van der Waals surface area contributed by atoms with E-state index in [2.05, 4.69) is 6.92 Å². The van der Waals surface area contributed by atoms with Gasteiger partial charge in [-0.3, -0.25) is 0 Å². The third kappa shape index (κ3) is 1.15. The van der Waals surface area contributed by atoms with Crippen LogP contribution in [0, 0.1) is 17.8 Å². The normalized spacial score (nSPS) is 37.1. The Bertz CT molecular complexity index is 109. The molecule has 52 valence electrons. The van der Waals surface area contributed by atoms with Gasteiger partial charge in [-0.15, -0.1) is 0 Å². The molecule has 0 aromatic heterocycles. The average Bonchev–Trinajstić information content (AvgIpc) is 1.84. The zero-order chi connectivity index (χ0) is 6.85. The van der Waals surface area contributed by atoms with E-state index < -0.39 is 0 Å². The Morgan fingerprint density at radius 2 is 2.22 bits per heavy atom. The minimum Gasteiger partial charge on any atom is -0.303 e. The molecule has 1 rings (SSSR count). The second-order valence-corrected chi connectivity index (χ2v) is 3.21. The van der Waals surface area contributed by atoms with E-state index >= 15 is 0 Å². The molecule has 0 heterocycles. The Balaban J connectivity index is 2.34. The van der Waals surface area contributed by atoms with Gasteiger partial charge in [0.15, 0.2) is 0 Å². The SMILES string of the molecule is CC(C=O)C1CCC1C. The molecule has 3 unspecified atom stereocenters. The lowest BCUT2D eigenvalue weighted by molar-refractivity contribution is -0.113. The zero-order valence-electron chi connectivity index (χ0n) is 6.13. The summed E-state index contributed by atoms with van der Waals surface area (Å²) in [5, 5.41) is 0. The average molecular weight is 126 g/mol. The van der Waals surface area contributed by atoms with Crippen LogP contribution in [0.4, 0.5) is 0 Å². The molecule has 0 amide bonds. The van der Waals surface area contributed by atoms with Crippen LogP contribution in [0.1, 0.15) is 26.7 Å². The third-order valence-corrected chi connectivity index (χ3v) is 2.58. The molecule has 0 aromatic carbocycles. The maximum atomic E-state index is 10.3. The highest BCUT2D eigenvalue weighted by Crippen LogP contribution is 2.38. The number of hydrogen-bond donors (Lipinski definition) is 0. The second kappa shape index (κ2) is 2.51. The summed E-state index contributed by atoms with van der Waals surface area (Å²) in [5.41, 5.74) is 0. The van der Waals surface area contributed by atoms with Gasteiger partial charge in [0.1, 0.15) is 6.29 Å². The first-order chi connectivity index (χ1) is 4.25. The van der Waals surface area contributed by atoms with Crippen molar-refractivity contribution in [1.82, 2.24) is 0 Å². The van der Waals surface area contributed by atoms with Gasteiger partial charge < -0.3 is 4.79 Å². The van der Waals surface area contributed by atoms with Gasteiger partial charge in [0, 0.05) is 5.92 Å². The lowest BCUT2D eigenvalue weighted by Crippen LogP contribution is -2.29. The molecule has 1 heteroatoms. The summed E-state index contributed by atoms with van der Waals surface area (Å²) < 4.78 is 0. The smallest absolute Gasteiger partial charge is 0.123 e. The van der Waals surface area contributed by atoms with Crippen LogP contribution in [0.2, 0.25) is 0 Å². The van der Waals surface area contributed by atoms with E-state index in [1.807, 2.05) is 6.92 Å². The van der Waals surface area contributed by atoms with Crippen LogP contribution in [0.5, 0.6) is 0 Å². The van der Waals surface area contributed by atoms with Crippen molar-refractivity contribution in [2.24, 2.45) is 17.8 Å². The van der Waals surface area contributed by atoms with E-state index in [1.54, 1.807) is 0 Å². The fourth-order valence-corrected chi connectivity index (χ4v) is 1.57. The highest BCUT2D eigenvalue weighted by atomic mass is 16.1. The maximum absolute atomic E-state index is 10.3. The monoisotopic (exact) mass is 126 g/mol. The lowest BCUT2D eigenvalue weighted by Gasteiger charge is -2.36. The zero-order valence-corrected chi connectivity index (χ0v) is 6.13. The van der Waals surface area contributed by atoms with Gasteiger partial charge >= 0.3 is 0 Å². The van der Waals surface area contributed by atoms with Gasteiger partial charge in [-0.1, -0.05) is 20.3 Å². The Labute approximate surface area is 56.4 Å². The summed E-state index contributed by atoms with van der Waals surface area (Å²) in [6.45, 7) is 4.25. The van der Waals surface area contributed by atoms with Crippen LogP contribution in [-0.4, -0.2) is 6.29 Å². The van der Waals surface area contributed by atoms with E-state index in [0.717, 1.165) is 12.2 Å². The number of carbonyl (C=O) groups excluding carboxylic acids is 1. The molecule has 1 nitrogen and oxygen atoms in total. The minimum absolute atomic E-state index is 0.300. The molecule has 9 heavy (non-hydrogen) atoms.